The molecule has 0 bridgehead atoms. The number of para-hydroxylation sites is 1. The zero-order chi connectivity index (χ0) is 13.7. The van der Waals surface area contributed by atoms with Crippen LogP contribution in [0, 0.1) is 0 Å². The topological polar surface area (TPSA) is 46.5 Å². The van der Waals surface area contributed by atoms with Gasteiger partial charge in [-0.1, -0.05) is 36.4 Å². The van der Waals surface area contributed by atoms with E-state index < -0.39 is 0 Å². The minimum absolute atomic E-state index is 0.0165. The molecule has 2 aromatic carbocycles. The number of methoxy groups -OCH3 is 1. The molecule has 0 unspecified atom stereocenters. The van der Waals surface area contributed by atoms with E-state index in [2.05, 4.69) is 0 Å². The molecule has 3 heteroatoms. The summed E-state index contributed by atoms with van der Waals surface area (Å²) < 4.78 is 5.25. The summed E-state index contributed by atoms with van der Waals surface area (Å²) in [6, 6.07) is 12.6. The first-order chi connectivity index (χ1) is 9.24. The normalized spacial score (nSPS) is 10.6. The third-order valence-corrected chi connectivity index (χ3v) is 2.78. The van der Waals surface area contributed by atoms with Crippen LogP contribution in [0.25, 0.3) is 12.2 Å². The number of hydrogen-bond acceptors (Lipinski definition) is 3. The smallest absolute Gasteiger partial charge is 0.153 e. The lowest BCUT2D eigenvalue weighted by Gasteiger charge is -2.03. The molecule has 3 nitrogen and oxygen atoms in total. The Hall–Kier alpha value is -2.55. The minimum Gasteiger partial charge on any atom is -0.507 e. The van der Waals surface area contributed by atoms with Crippen molar-refractivity contribution in [3.8, 4) is 11.5 Å². The fourth-order valence-corrected chi connectivity index (χ4v) is 1.75. The Morgan fingerprint density at radius 1 is 1.05 bits per heavy atom. The maximum Gasteiger partial charge on any atom is 0.153 e. The monoisotopic (exact) mass is 254 g/mol. The Balaban J connectivity index is 2.27. The van der Waals surface area contributed by atoms with Gasteiger partial charge in [-0.3, -0.25) is 4.79 Å². The van der Waals surface area contributed by atoms with Crippen LogP contribution in [0.3, 0.4) is 0 Å². The van der Waals surface area contributed by atoms with Crippen molar-refractivity contribution in [3.05, 3.63) is 59.2 Å². The van der Waals surface area contributed by atoms with Gasteiger partial charge < -0.3 is 9.84 Å². The van der Waals surface area contributed by atoms with Gasteiger partial charge in [-0.2, -0.15) is 0 Å². The summed E-state index contributed by atoms with van der Waals surface area (Å²) in [4.78, 5) is 10.6. The number of phenolic OH excluding ortho intramolecular Hbond substituents is 1. The summed E-state index contributed by atoms with van der Waals surface area (Å²) in [6.45, 7) is 0. The zero-order valence-electron chi connectivity index (χ0n) is 10.5. The number of carbonyl (C=O) groups excluding carboxylic acids is 1. The van der Waals surface area contributed by atoms with Crippen LogP contribution in [0.4, 0.5) is 0 Å². The molecular weight excluding hydrogens is 240 g/mol. The van der Waals surface area contributed by atoms with Crippen LogP contribution in [0.15, 0.2) is 42.5 Å². The third-order valence-electron chi connectivity index (χ3n) is 2.78. The van der Waals surface area contributed by atoms with Crippen LogP contribution in [0.2, 0.25) is 0 Å². The zero-order valence-corrected chi connectivity index (χ0v) is 10.5. The number of phenols is 1. The van der Waals surface area contributed by atoms with Gasteiger partial charge in [-0.15, -0.1) is 0 Å². The van der Waals surface area contributed by atoms with Gasteiger partial charge in [0.05, 0.1) is 12.7 Å². The Morgan fingerprint density at radius 2 is 1.84 bits per heavy atom. The van der Waals surface area contributed by atoms with E-state index >= 15 is 0 Å². The van der Waals surface area contributed by atoms with E-state index in [0.29, 0.717) is 6.29 Å². The molecule has 0 heterocycles. The van der Waals surface area contributed by atoms with E-state index in [1.807, 2.05) is 36.4 Å². The summed E-state index contributed by atoms with van der Waals surface area (Å²) in [5.74, 6) is 0.768. The molecule has 0 aliphatic rings. The van der Waals surface area contributed by atoms with Crippen molar-refractivity contribution in [2.45, 2.75) is 0 Å². The quantitative estimate of drug-likeness (QED) is 0.672. The molecule has 96 valence electrons. The first-order valence-electron chi connectivity index (χ1n) is 5.84. The number of rotatable bonds is 4. The average molecular weight is 254 g/mol. The summed E-state index contributed by atoms with van der Waals surface area (Å²) in [7, 11) is 1.62. The molecule has 2 rings (SSSR count). The second-order valence-corrected chi connectivity index (χ2v) is 4.01. The van der Waals surface area contributed by atoms with Gasteiger partial charge in [0.1, 0.15) is 11.5 Å². The number of benzene rings is 2. The molecule has 0 saturated carbocycles. The van der Waals surface area contributed by atoms with Crippen LogP contribution in [0.1, 0.15) is 21.5 Å². The van der Waals surface area contributed by atoms with Crippen molar-refractivity contribution in [1.82, 2.24) is 0 Å². The van der Waals surface area contributed by atoms with Gasteiger partial charge in [-0.05, 0) is 23.8 Å². The van der Waals surface area contributed by atoms with Gasteiger partial charge in [-0.25, -0.2) is 0 Å². The lowest BCUT2D eigenvalue weighted by molar-refractivity contribution is 0.112. The molecule has 0 aromatic heterocycles. The maximum atomic E-state index is 10.6. The SMILES string of the molecule is COc1ccccc1/C=C/c1ccc(C=O)c(O)c1. The molecule has 0 radical (unpaired) electrons. The van der Waals surface area contributed by atoms with Crippen molar-refractivity contribution in [2.24, 2.45) is 0 Å². The average Bonchev–Trinajstić information content (AvgIpc) is 2.45. The van der Waals surface area contributed by atoms with Crippen LogP contribution in [-0.2, 0) is 0 Å². The Labute approximate surface area is 111 Å². The van der Waals surface area contributed by atoms with Gasteiger partial charge >= 0.3 is 0 Å². The summed E-state index contributed by atoms with van der Waals surface area (Å²) >= 11 is 0. The van der Waals surface area contributed by atoms with Gasteiger partial charge in [0.25, 0.3) is 0 Å². The molecule has 0 fully saturated rings. The Morgan fingerprint density at radius 3 is 2.53 bits per heavy atom. The number of aldehydes is 1. The highest BCUT2D eigenvalue weighted by Gasteiger charge is 2.00. The summed E-state index contributed by atoms with van der Waals surface area (Å²) in [5, 5.41) is 9.60. The molecule has 0 amide bonds. The molecule has 2 aromatic rings. The molecule has 0 spiro atoms. The number of hydrogen-bond donors (Lipinski definition) is 1. The lowest BCUT2D eigenvalue weighted by atomic mass is 10.1. The summed E-state index contributed by atoms with van der Waals surface area (Å²) in [6.07, 6.45) is 4.38. The third kappa shape index (κ3) is 3.01. The molecule has 0 atom stereocenters. The Kier molecular flexibility index (Phi) is 3.98. The van der Waals surface area contributed by atoms with Gasteiger partial charge in [0, 0.05) is 5.56 Å². The first-order valence-corrected chi connectivity index (χ1v) is 5.84. The van der Waals surface area contributed by atoms with Gasteiger partial charge in [0.15, 0.2) is 6.29 Å². The van der Waals surface area contributed by atoms with E-state index in [1.165, 1.54) is 0 Å². The van der Waals surface area contributed by atoms with Crippen LogP contribution in [-0.4, -0.2) is 18.5 Å². The van der Waals surface area contributed by atoms with E-state index in [0.717, 1.165) is 16.9 Å². The highest BCUT2D eigenvalue weighted by atomic mass is 16.5. The fourth-order valence-electron chi connectivity index (χ4n) is 1.75. The maximum absolute atomic E-state index is 10.6. The fraction of sp³-hybridized carbons (Fsp3) is 0.0625. The van der Waals surface area contributed by atoms with E-state index in [1.54, 1.807) is 25.3 Å². The highest BCUT2D eigenvalue weighted by Crippen LogP contribution is 2.22. The minimum atomic E-state index is -0.0165. The standard InChI is InChI=1S/C16H14O3/c1-19-16-5-3-2-4-13(16)8-6-12-7-9-14(11-17)15(18)10-12/h2-11,18H,1H3/b8-6+. The molecule has 0 aliphatic heterocycles. The van der Waals surface area contributed by atoms with Crippen LogP contribution < -0.4 is 4.74 Å². The van der Waals surface area contributed by atoms with Crippen molar-refractivity contribution < 1.29 is 14.6 Å². The molecule has 0 saturated heterocycles. The first kappa shape index (κ1) is 12.9. The van der Waals surface area contributed by atoms with Gasteiger partial charge in [0.2, 0.25) is 0 Å². The molecule has 0 aliphatic carbocycles. The highest BCUT2D eigenvalue weighted by molar-refractivity contribution is 5.81. The number of carbonyl (C=O) groups is 1. The van der Waals surface area contributed by atoms with Crippen LogP contribution >= 0.6 is 0 Å². The van der Waals surface area contributed by atoms with Crippen molar-refractivity contribution in [1.29, 1.82) is 0 Å². The largest absolute Gasteiger partial charge is 0.507 e. The van der Waals surface area contributed by atoms with Crippen molar-refractivity contribution in [3.63, 3.8) is 0 Å². The molecule has 1 N–H and O–H groups in total. The molecular formula is C16H14O3. The number of aromatic hydroxyl groups is 1. The van der Waals surface area contributed by atoms with Crippen molar-refractivity contribution in [2.75, 3.05) is 7.11 Å². The van der Waals surface area contributed by atoms with E-state index in [-0.39, 0.29) is 11.3 Å². The number of ether oxygens (including phenoxy) is 1. The predicted octanol–water partition coefficient (Wildman–Crippen LogP) is 3.38. The van der Waals surface area contributed by atoms with Crippen molar-refractivity contribution >= 4 is 18.4 Å². The molecule has 19 heavy (non-hydrogen) atoms. The second-order valence-electron chi connectivity index (χ2n) is 4.01. The Bertz CT molecular complexity index is 615. The lowest BCUT2D eigenvalue weighted by Crippen LogP contribution is -1.85. The van der Waals surface area contributed by atoms with E-state index in [9.17, 15) is 9.90 Å². The second kappa shape index (κ2) is 5.87. The van der Waals surface area contributed by atoms with E-state index in [4.69, 9.17) is 4.74 Å². The van der Waals surface area contributed by atoms with Crippen LogP contribution in [0.5, 0.6) is 11.5 Å². The predicted molar refractivity (Wildman–Crippen MR) is 75.4 cm³/mol. The summed E-state index contributed by atoms with van der Waals surface area (Å²) in [5.41, 5.74) is 2.05.